The fraction of sp³-hybridized carbons (Fsp3) is 0. The van der Waals surface area contributed by atoms with Crippen LogP contribution in [0.4, 0.5) is 0 Å². The molecule has 0 N–H and O–H groups in total. The number of benzene rings is 1. The van der Waals surface area contributed by atoms with Crippen LogP contribution in [0.3, 0.4) is 0 Å². The monoisotopic (exact) mass is 668 g/mol. The molecule has 0 fully saturated rings. The summed E-state index contributed by atoms with van der Waals surface area (Å²) in [5, 5.41) is 21.9. The van der Waals surface area contributed by atoms with E-state index < -0.39 is 11.9 Å². The standard InChI is InChI=1S/C8H2I4O4/c9-3-1(7(13)14)4(10)6(12)2(5(3)11)8(15)16/h(H,13,14)(H,15,16)/p-2. The Morgan fingerprint density at radius 1 is 0.688 bits per heavy atom. The normalized spacial score (nSPS) is 10.2. The molecule has 1 aromatic carbocycles. The molecule has 86 valence electrons. The van der Waals surface area contributed by atoms with E-state index in [1.807, 2.05) is 0 Å². The van der Waals surface area contributed by atoms with Gasteiger partial charge in [-0.1, -0.05) is 0 Å². The first kappa shape index (κ1) is 15.1. The van der Waals surface area contributed by atoms with E-state index in [-0.39, 0.29) is 11.1 Å². The number of halogens is 4. The summed E-state index contributed by atoms with van der Waals surface area (Å²) in [6.45, 7) is 0. The summed E-state index contributed by atoms with van der Waals surface area (Å²) in [6.07, 6.45) is 0. The maximum atomic E-state index is 10.9. The maximum absolute atomic E-state index is 10.9. The van der Waals surface area contributed by atoms with Crippen molar-refractivity contribution >= 4 is 102 Å². The fourth-order valence-corrected chi connectivity index (χ4v) is 5.06. The average Bonchev–Trinajstić information content (AvgIpc) is 2.14. The van der Waals surface area contributed by atoms with Gasteiger partial charge in [-0.2, -0.15) is 0 Å². The van der Waals surface area contributed by atoms with Crippen LogP contribution >= 0.6 is 90.4 Å². The summed E-state index contributed by atoms with van der Waals surface area (Å²) in [6, 6.07) is 0. The van der Waals surface area contributed by atoms with E-state index in [2.05, 4.69) is 0 Å². The van der Waals surface area contributed by atoms with Gasteiger partial charge in [-0.3, -0.25) is 0 Å². The van der Waals surface area contributed by atoms with Gasteiger partial charge in [0.15, 0.2) is 0 Å². The number of aromatic carboxylic acids is 2. The Morgan fingerprint density at radius 2 is 0.875 bits per heavy atom. The number of carboxylic acids is 2. The third-order valence-corrected chi connectivity index (χ3v) is 8.05. The van der Waals surface area contributed by atoms with Gasteiger partial charge in [0, 0.05) is 25.4 Å². The van der Waals surface area contributed by atoms with E-state index in [1.54, 1.807) is 90.4 Å². The smallest absolute Gasteiger partial charge is 0.0737 e. The molecule has 0 amide bonds. The number of hydrogen-bond acceptors (Lipinski definition) is 4. The lowest BCUT2D eigenvalue weighted by Crippen LogP contribution is -2.29. The number of hydrogen-bond donors (Lipinski definition) is 0. The molecule has 8 heteroatoms. The van der Waals surface area contributed by atoms with E-state index >= 15 is 0 Å². The molecule has 4 nitrogen and oxygen atoms in total. The van der Waals surface area contributed by atoms with Crippen molar-refractivity contribution in [2.45, 2.75) is 0 Å². The Bertz CT molecular complexity index is 423. The van der Waals surface area contributed by atoms with Crippen molar-refractivity contribution in [2.24, 2.45) is 0 Å². The number of carboxylic acid groups (broad SMARTS) is 2. The molecule has 1 aromatic rings. The van der Waals surface area contributed by atoms with Crippen LogP contribution in [0, 0.1) is 14.3 Å². The third-order valence-electron chi connectivity index (χ3n) is 1.67. The minimum atomic E-state index is -1.31. The Balaban J connectivity index is 3.77. The Morgan fingerprint density at radius 3 is 1.00 bits per heavy atom. The van der Waals surface area contributed by atoms with Crippen molar-refractivity contribution in [3.63, 3.8) is 0 Å². The second-order valence-electron chi connectivity index (χ2n) is 2.58. The molecule has 0 spiro atoms. The Kier molecular flexibility index (Phi) is 5.50. The zero-order valence-corrected chi connectivity index (χ0v) is 15.8. The number of carbonyl (C=O) groups is 2. The lowest BCUT2D eigenvalue weighted by molar-refractivity contribution is -0.256. The first-order valence-corrected chi connectivity index (χ1v) is 7.89. The maximum Gasteiger partial charge on any atom is 0.0737 e. The van der Waals surface area contributed by atoms with Crippen LogP contribution in [0.15, 0.2) is 0 Å². The molecular formula is C8I4O4-2. The predicted molar refractivity (Wildman–Crippen MR) is 86.0 cm³/mol. The average molecular weight is 668 g/mol. The molecule has 0 aliphatic heterocycles. The van der Waals surface area contributed by atoms with Crippen LogP contribution in [0.5, 0.6) is 0 Å². The predicted octanol–water partition coefficient (Wildman–Crippen LogP) is 0.832. The van der Waals surface area contributed by atoms with Crippen LogP contribution in [0.25, 0.3) is 0 Å². The minimum Gasteiger partial charge on any atom is -0.545 e. The quantitative estimate of drug-likeness (QED) is 0.346. The summed E-state index contributed by atoms with van der Waals surface area (Å²) >= 11 is 7.18. The zero-order chi connectivity index (χ0) is 12.6. The Labute approximate surface area is 145 Å². The molecule has 0 aliphatic rings. The lowest BCUT2D eigenvalue weighted by Gasteiger charge is -2.17. The van der Waals surface area contributed by atoms with Crippen molar-refractivity contribution in [1.82, 2.24) is 0 Å². The van der Waals surface area contributed by atoms with Gasteiger partial charge < -0.3 is 19.8 Å². The topological polar surface area (TPSA) is 80.3 Å². The van der Waals surface area contributed by atoms with Gasteiger partial charge in [-0.15, -0.1) is 0 Å². The SMILES string of the molecule is O=C([O-])c1c(I)c(I)c(C(=O)[O-])c(I)c1I. The molecule has 0 heterocycles. The molecule has 0 radical (unpaired) electrons. The van der Waals surface area contributed by atoms with E-state index in [9.17, 15) is 19.8 Å². The van der Waals surface area contributed by atoms with Gasteiger partial charge in [0.2, 0.25) is 0 Å². The highest BCUT2D eigenvalue weighted by Gasteiger charge is 2.19. The molecule has 0 aliphatic carbocycles. The molecular weight excluding hydrogens is 668 g/mol. The van der Waals surface area contributed by atoms with Crippen molar-refractivity contribution in [1.29, 1.82) is 0 Å². The zero-order valence-electron chi connectivity index (χ0n) is 7.14. The molecule has 0 bridgehead atoms. The van der Waals surface area contributed by atoms with Gasteiger partial charge in [0.05, 0.1) is 11.9 Å². The van der Waals surface area contributed by atoms with Crippen LogP contribution in [-0.4, -0.2) is 11.9 Å². The second kappa shape index (κ2) is 5.81. The highest BCUT2D eigenvalue weighted by molar-refractivity contribution is 14.1. The second-order valence-corrected chi connectivity index (χ2v) is 6.90. The number of rotatable bonds is 2. The highest BCUT2D eigenvalue weighted by atomic mass is 127. The molecule has 0 saturated carbocycles. The van der Waals surface area contributed by atoms with E-state index in [0.29, 0.717) is 14.3 Å². The van der Waals surface area contributed by atoms with Crippen molar-refractivity contribution in [2.75, 3.05) is 0 Å². The van der Waals surface area contributed by atoms with Gasteiger partial charge in [-0.05, 0) is 90.4 Å². The van der Waals surface area contributed by atoms with Gasteiger partial charge in [0.1, 0.15) is 0 Å². The molecule has 16 heavy (non-hydrogen) atoms. The first-order chi connectivity index (χ1) is 7.29. The van der Waals surface area contributed by atoms with Gasteiger partial charge in [0.25, 0.3) is 0 Å². The summed E-state index contributed by atoms with van der Waals surface area (Å²) in [4.78, 5) is 21.9. The van der Waals surface area contributed by atoms with E-state index in [1.165, 1.54) is 0 Å². The van der Waals surface area contributed by atoms with Crippen molar-refractivity contribution in [3.05, 3.63) is 25.4 Å². The van der Waals surface area contributed by atoms with Crippen LogP contribution in [0.1, 0.15) is 20.7 Å². The molecule has 0 atom stereocenters. The van der Waals surface area contributed by atoms with Crippen molar-refractivity contribution < 1.29 is 19.8 Å². The largest absolute Gasteiger partial charge is 0.545 e. The first-order valence-electron chi connectivity index (χ1n) is 3.57. The van der Waals surface area contributed by atoms with Crippen LogP contribution < -0.4 is 10.2 Å². The molecule has 0 aromatic heterocycles. The summed E-state index contributed by atoms with van der Waals surface area (Å²) in [5.74, 6) is -2.62. The Hall–Kier alpha value is 1.08. The molecule has 1 rings (SSSR count). The minimum absolute atomic E-state index is 0.0278. The third kappa shape index (κ3) is 2.73. The van der Waals surface area contributed by atoms with Crippen LogP contribution in [0.2, 0.25) is 0 Å². The molecule has 0 saturated heterocycles. The summed E-state index contributed by atoms with van der Waals surface area (Å²) < 4.78 is 1.45. The van der Waals surface area contributed by atoms with Gasteiger partial charge in [-0.25, -0.2) is 0 Å². The van der Waals surface area contributed by atoms with E-state index in [0.717, 1.165) is 0 Å². The summed E-state index contributed by atoms with van der Waals surface area (Å²) in [5.41, 5.74) is 0.0556. The highest BCUT2D eigenvalue weighted by Crippen LogP contribution is 2.32. The van der Waals surface area contributed by atoms with Crippen molar-refractivity contribution in [3.8, 4) is 0 Å². The van der Waals surface area contributed by atoms with E-state index in [4.69, 9.17) is 0 Å². The molecule has 0 unspecified atom stereocenters. The fourth-order valence-electron chi connectivity index (χ4n) is 0.990. The van der Waals surface area contributed by atoms with Gasteiger partial charge >= 0.3 is 0 Å². The summed E-state index contributed by atoms with van der Waals surface area (Å²) in [7, 11) is 0. The number of carbonyl (C=O) groups excluding carboxylic acids is 2. The van der Waals surface area contributed by atoms with Crippen LogP contribution in [-0.2, 0) is 0 Å². The lowest BCUT2D eigenvalue weighted by atomic mass is 10.1.